The summed E-state index contributed by atoms with van der Waals surface area (Å²) in [5.74, 6) is 8.62. The Morgan fingerprint density at radius 1 is 0.667 bits per heavy atom. The van der Waals surface area contributed by atoms with Gasteiger partial charge in [-0.3, -0.25) is 14.4 Å². The third-order valence-electron chi connectivity index (χ3n) is 20.1. The number of ether oxygens (including phenoxy) is 2. The predicted molar refractivity (Wildman–Crippen MR) is 230 cm³/mol. The number of hydrogen-bond acceptors (Lipinski definition) is 5. The Bertz CT molecular complexity index is 1570. The van der Waals surface area contributed by atoms with Crippen molar-refractivity contribution >= 4 is 17.7 Å². The van der Waals surface area contributed by atoms with Crippen molar-refractivity contribution in [2.24, 2.45) is 92.7 Å². The molecule has 8 aliphatic rings. The summed E-state index contributed by atoms with van der Waals surface area (Å²) in [6.07, 6.45) is 27.8. The number of allylic oxidation sites excluding steroid dienone is 4. The molecule has 6 saturated carbocycles. The average Bonchev–Trinajstić information content (AvgIpc) is 3.74. The van der Waals surface area contributed by atoms with E-state index in [0.717, 1.165) is 60.7 Å². The molecule has 320 valence electrons. The Morgan fingerprint density at radius 3 is 1.72 bits per heavy atom. The summed E-state index contributed by atoms with van der Waals surface area (Å²) in [5, 5.41) is 0. The third-order valence-corrected chi connectivity index (χ3v) is 20.1. The Balaban J connectivity index is 0.000000174. The number of methoxy groups -OCH3 is 2. The maximum atomic E-state index is 13.7. The molecule has 0 radical (unpaired) electrons. The number of fused-ring (bicyclic) bond motifs is 10. The number of carbonyl (C=O) groups is 3. The molecule has 0 heterocycles. The highest BCUT2D eigenvalue weighted by atomic mass is 16.5. The van der Waals surface area contributed by atoms with Crippen LogP contribution in [0.1, 0.15) is 177 Å². The molecule has 8 aliphatic carbocycles. The number of rotatable bonds is 8. The third kappa shape index (κ3) is 7.48. The zero-order valence-electron chi connectivity index (χ0n) is 38.1. The Morgan fingerprint density at radius 2 is 1.16 bits per heavy atom. The first kappa shape index (κ1) is 43.2. The summed E-state index contributed by atoms with van der Waals surface area (Å²) in [4.78, 5) is 37.0. The fraction of sp³-hybridized carbons (Fsp3) is 0.865. The second kappa shape index (κ2) is 16.5. The standard InChI is InChI=1S/C26H40O3.C26H42O2/c1-16-12-13-25(3)18(14-16)7-8-19-21-10-9-20(17(2)6-11-24(28)29-5)26(21,4)23(27)15-22(19)25;1-17-12-14-25(3)19(16-17)7-8-20-22-10-9-21(18(2)6-11-24(27)28-5)26(22,4)15-13-23(20)25/h15-21H,6-14H2,1-5H3;13,17-22H,6-12,14-16H2,1-5H3/t16-,17-,18-,19?,20-,21?,25+,26-;17-,18-,19-,20?,21-,22?,25+,26-/m11/s1. The summed E-state index contributed by atoms with van der Waals surface area (Å²) >= 11 is 0. The molecule has 0 aliphatic heterocycles. The maximum absolute atomic E-state index is 13.7. The van der Waals surface area contributed by atoms with Crippen LogP contribution < -0.4 is 0 Å². The highest BCUT2D eigenvalue weighted by molar-refractivity contribution is 5.97. The molecule has 0 bridgehead atoms. The normalized spacial score (nSPS) is 45.5. The van der Waals surface area contributed by atoms with Crippen LogP contribution in [-0.4, -0.2) is 31.9 Å². The number of hydrogen-bond donors (Lipinski definition) is 0. The van der Waals surface area contributed by atoms with Crippen molar-refractivity contribution in [3.8, 4) is 0 Å². The summed E-state index contributed by atoms with van der Waals surface area (Å²) in [6, 6.07) is 0. The molecule has 0 aromatic carbocycles. The fourth-order valence-corrected chi connectivity index (χ4v) is 16.5. The predicted octanol–water partition coefficient (Wildman–Crippen LogP) is 12.8. The van der Waals surface area contributed by atoms with E-state index in [1.807, 2.05) is 5.57 Å². The average molecular weight is 787 g/mol. The van der Waals surface area contributed by atoms with Gasteiger partial charge in [0, 0.05) is 18.3 Å². The van der Waals surface area contributed by atoms with Crippen LogP contribution in [-0.2, 0) is 23.9 Å². The summed E-state index contributed by atoms with van der Waals surface area (Å²) in [7, 11) is 2.97. The van der Waals surface area contributed by atoms with E-state index in [4.69, 9.17) is 9.47 Å². The second-order valence-corrected chi connectivity index (χ2v) is 22.7. The van der Waals surface area contributed by atoms with Crippen LogP contribution in [0.3, 0.4) is 0 Å². The van der Waals surface area contributed by atoms with Crippen LogP contribution in [0, 0.1) is 92.7 Å². The molecule has 57 heavy (non-hydrogen) atoms. The van der Waals surface area contributed by atoms with Crippen LogP contribution in [0.2, 0.25) is 0 Å². The second-order valence-electron chi connectivity index (χ2n) is 22.7. The minimum Gasteiger partial charge on any atom is -0.469 e. The highest BCUT2D eigenvalue weighted by Gasteiger charge is 2.61. The van der Waals surface area contributed by atoms with Crippen LogP contribution in [0.15, 0.2) is 23.3 Å². The molecule has 5 heteroatoms. The van der Waals surface area contributed by atoms with E-state index in [0.29, 0.717) is 59.0 Å². The highest BCUT2D eigenvalue weighted by Crippen LogP contribution is 2.68. The lowest BCUT2D eigenvalue weighted by Crippen LogP contribution is -2.51. The molecule has 0 N–H and O–H groups in total. The first-order valence-corrected chi connectivity index (χ1v) is 24.1. The number of esters is 2. The molecule has 0 spiro atoms. The van der Waals surface area contributed by atoms with Gasteiger partial charge in [0.1, 0.15) is 0 Å². The van der Waals surface area contributed by atoms with Crippen molar-refractivity contribution in [2.75, 3.05) is 14.2 Å². The SMILES string of the molecule is COC(=O)CC[C@@H](C)[C@H]1CCC2C3CC[C@@H]4C[C@H](C)CC[C@]4(C)C3=CC(=O)[C@@]21C.COC(=O)CC[C@@H](C)[C@H]1CCC2C3CC[C@@H]4C[C@H](C)CC[C@]4(C)C3=CC[C@@]21C. The van der Waals surface area contributed by atoms with E-state index >= 15 is 0 Å². The molecule has 0 amide bonds. The van der Waals surface area contributed by atoms with E-state index < -0.39 is 0 Å². The monoisotopic (exact) mass is 787 g/mol. The lowest BCUT2D eigenvalue weighted by molar-refractivity contribution is -0.142. The molecule has 16 atom stereocenters. The molecular weight excluding hydrogens is 705 g/mol. The lowest BCUT2D eigenvalue weighted by Gasteiger charge is -2.57. The zero-order chi connectivity index (χ0) is 41.1. The van der Waals surface area contributed by atoms with Crippen molar-refractivity contribution in [1.82, 2.24) is 0 Å². The quantitative estimate of drug-likeness (QED) is 0.181. The van der Waals surface area contributed by atoms with Gasteiger partial charge in [-0.15, -0.1) is 0 Å². The molecule has 8 rings (SSSR count). The van der Waals surface area contributed by atoms with Gasteiger partial charge < -0.3 is 9.47 Å². The van der Waals surface area contributed by atoms with Crippen molar-refractivity contribution < 1.29 is 23.9 Å². The Kier molecular flexibility index (Phi) is 12.5. The largest absolute Gasteiger partial charge is 0.469 e. The van der Waals surface area contributed by atoms with Gasteiger partial charge in [-0.05, 0) is 202 Å². The van der Waals surface area contributed by atoms with Crippen LogP contribution in [0.4, 0.5) is 0 Å². The van der Waals surface area contributed by atoms with Gasteiger partial charge in [-0.2, -0.15) is 0 Å². The van der Waals surface area contributed by atoms with E-state index in [9.17, 15) is 14.4 Å². The molecule has 4 unspecified atom stereocenters. The molecule has 0 aromatic rings. The van der Waals surface area contributed by atoms with Gasteiger partial charge in [0.15, 0.2) is 5.78 Å². The minimum absolute atomic E-state index is 0.0462. The van der Waals surface area contributed by atoms with Gasteiger partial charge in [-0.1, -0.05) is 72.6 Å². The van der Waals surface area contributed by atoms with Crippen molar-refractivity contribution in [2.45, 2.75) is 177 Å². The van der Waals surface area contributed by atoms with E-state index in [1.165, 1.54) is 110 Å². The summed E-state index contributed by atoms with van der Waals surface area (Å²) < 4.78 is 9.73. The first-order valence-electron chi connectivity index (χ1n) is 24.1. The van der Waals surface area contributed by atoms with E-state index in [-0.39, 0.29) is 22.8 Å². The molecule has 0 aromatic heterocycles. The van der Waals surface area contributed by atoms with Gasteiger partial charge in [0.05, 0.1) is 14.2 Å². The van der Waals surface area contributed by atoms with Crippen molar-refractivity contribution in [3.63, 3.8) is 0 Å². The van der Waals surface area contributed by atoms with E-state index in [1.54, 1.807) is 0 Å². The van der Waals surface area contributed by atoms with Crippen molar-refractivity contribution in [3.05, 3.63) is 23.3 Å². The Hall–Kier alpha value is -1.91. The Labute approximate surface area is 348 Å². The number of ketones is 1. The first-order chi connectivity index (χ1) is 27.0. The zero-order valence-corrected chi connectivity index (χ0v) is 38.1. The number of carbonyl (C=O) groups excluding carboxylic acids is 3. The topological polar surface area (TPSA) is 69.7 Å². The molecule has 5 nitrogen and oxygen atoms in total. The lowest BCUT2D eigenvalue weighted by atomic mass is 9.47. The smallest absolute Gasteiger partial charge is 0.305 e. The summed E-state index contributed by atoms with van der Waals surface area (Å²) in [5.41, 5.74) is 4.34. The fourth-order valence-electron chi connectivity index (χ4n) is 16.5. The van der Waals surface area contributed by atoms with Crippen LogP contribution in [0.25, 0.3) is 0 Å². The van der Waals surface area contributed by atoms with Crippen LogP contribution in [0.5, 0.6) is 0 Å². The molecule has 6 fully saturated rings. The van der Waals surface area contributed by atoms with Crippen molar-refractivity contribution in [1.29, 1.82) is 0 Å². The van der Waals surface area contributed by atoms with Gasteiger partial charge in [0.25, 0.3) is 0 Å². The molecular formula is C52H82O5. The molecule has 0 saturated heterocycles. The minimum atomic E-state index is -0.241. The van der Waals surface area contributed by atoms with Crippen LogP contribution >= 0.6 is 0 Å². The summed E-state index contributed by atoms with van der Waals surface area (Å²) in [6.45, 7) is 19.5. The van der Waals surface area contributed by atoms with Gasteiger partial charge >= 0.3 is 11.9 Å². The maximum Gasteiger partial charge on any atom is 0.305 e. The van der Waals surface area contributed by atoms with Gasteiger partial charge in [0.2, 0.25) is 0 Å². The van der Waals surface area contributed by atoms with Gasteiger partial charge in [-0.25, -0.2) is 0 Å². The van der Waals surface area contributed by atoms with E-state index in [2.05, 4.69) is 67.5 Å².